The number of nitrogens with zero attached hydrogens (tertiary/aromatic N) is 2. The Hall–Kier alpha value is -1.59. The summed E-state index contributed by atoms with van der Waals surface area (Å²) in [4.78, 5) is 29.2. The number of hydrogen-bond acceptors (Lipinski definition) is 3. The number of hydrogen-bond donors (Lipinski definition) is 0. The van der Waals surface area contributed by atoms with Gasteiger partial charge in [-0.15, -0.1) is 0 Å². The zero-order valence-corrected chi connectivity index (χ0v) is 14.7. The van der Waals surface area contributed by atoms with Crippen molar-refractivity contribution in [3.63, 3.8) is 0 Å². The largest absolute Gasteiger partial charge is 0.383 e. The molecule has 0 aliphatic carbocycles. The molecule has 130 valence electrons. The smallest absolute Gasteiger partial charge is 0.228 e. The van der Waals surface area contributed by atoms with Crippen molar-refractivity contribution in [1.82, 2.24) is 9.80 Å². The highest BCUT2D eigenvalue weighted by Gasteiger charge is 2.46. The Morgan fingerprint density at radius 1 is 1.29 bits per heavy atom. The molecule has 2 atom stereocenters. The van der Waals surface area contributed by atoms with Gasteiger partial charge in [0.25, 0.3) is 0 Å². The van der Waals surface area contributed by atoms with E-state index in [2.05, 4.69) is 0 Å². The van der Waals surface area contributed by atoms with E-state index in [1.807, 2.05) is 29.2 Å². The molecule has 2 aliphatic rings. The van der Waals surface area contributed by atoms with Crippen LogP contribution >= 0.6 is 11.6 Å². The molecule has 0 radical (unpaired) electrons. The fraction of sp³-hybridized carbons (Fsp3) is 0.556. The predicted octanol–water partition coefficient (Wildman–Crippen LogP) is 2.50. The summed E-state index contributed by atoms with van der Waals surface area (Å²) in [7, 11) is 1.61. The van der Waals surface area contributed by atoms with E-state index in [0.29, 0.717) is 18.2 Å². The van der Waals surface area contributed by atoms with Crippen LogP contribution in [0.15, 0.2) is 24.3 Å². The van der Waals surface area contributed by atoms with E-state index in [9.17, 15) is 9.59 Å². The Bertz CT molecular complexity index is 616. The molecule has 0 saturated carbocycles. The molecule has 0 bridgehead atoms. The number of methoxy groups -OCH3 is 1. The minimum atomic E-state index is -0.368. The van der Waals surface area contributed by atoms with Gasteiger partial charge in [0.2, 0.25) is 11.8 Å². The summed E-state index contributed by atoms with van der Waals surface area (Å²) >= 11 is 6.39. The molecule has 2 heterocycles. The molecule has 2 amide bonds. The standard InChI is InChI=1S/C18H23ClN2O3/c1-24-11-10-21-16(22)12-14(18(23)20-8-4-5-9-20)17(21)13-6-2-3-7-15(13)19/h2-3,6-7,14,17H,4-5,8-12H2,1H3/t14-,17+/m1/s1. The van der Waals surface area contributed by atoms with Crippen LogP contribution in [-0.4, -0.2) is 55.0 Å². The van der Waals surface area contributed by atoms with Crippen LogP contribution in [0.4, 0.5) is 0 Å². The Kier molecular flexibility index (Phi) is 5.41. The SMILES string of the molecule is COCCN1C(=O)C[C@@H](C(=O)N2CCCC2)[C@@H]1c1ccccc1Cl. The van der Waals surface area contributed by atoms with E-state index in [4.69, 9.17) is 16.3 Å². The maximum Gasteiger partial charge on any atom is 0.228 e. The van der Waals surface area contributed by atoms with Gasteiger partial charge < -0.3 is 14.5 Å². The third-order valence-electron chi connectivity index (χ3n) is 4.93. The molecule has 1 aromatic carbocycles. The Balaban J connectivity index is 1.92. The van der Waals surface area contributed by atoms with E-state index >= 15 is 0 Å². The first-order valence-electron chi connectivity index (χ1n) is 8.45. The summed E-state index contributed by atoms with van der Waals surface area (Å²) in [5.41, 5.74) is 0.846. The maximum absolute atomic E-state index is 13.0. The van der Waals surface area contributed by atoms with Gasteiger partial charge in [0.1, 0.15) is 0 Å². The number of rotatable bonds is 5. The van der Waals surface area contributed by atoms with Crippen LogP contribution in [0, 0.1) is 5.92 Å². The molecular weight excluding hydrogens is 328 g/mol. The first-order chi connectivity index (χ1) is 11.6. The van der Waals surface area contributed by atoms with Crippen LogP contribution in [0.5, 0.6) is 0 Å². The highest BCUT2D eigenvalue weighted by Crippen LogP contribution is 2.41. The first-order valence-corrected chi connectivity index (χ1v) is 8.83. The van der Waals surface area contributed by atoms with Gasteiger partial charge in [0.05, 0.1) is 18.6 Å². The van der Waals surface area contributed by atoms with Crippen LogP contribution in [-0.2, 0) is 14.3 Å². The Morgan fingerprint density at radius 3 is 2.67 bits per heavy atom. The summed E-state index contributed by atoms with van der Waals surface area (Å²) in [5.74, 6) is -0.299. The van der Waals surface area contributed by atoms with Gasteiger partial charge in [-0.1, -0.05) is 29.8 Å². The first kappa shape index (κ1) is 17.2. The van der Waals surface area contributed by atoms with Crippen molar-refractivity contribution in [3.05, 3.63) is 34.9 Å². The summed E-state index contributed by atoms with van der Waals surface area (Å²) in [5, 5.41) is 0.596. The molecule has 24 heavy (non-hydrogen) atoms. The van der Waals surface area contributed by atoms with Gasteiger partial charge in [0.15, 0.2) is 0 Å². The van der Waals surface area contributed by atoms with Crippen molar-refractivity contribution < 1.29 is 14.3 Å². The molecule has 5 nitrogen and oxygen atoms in total. The highest BCUT2D eigenvalue weighted by molar-refractivity contribution is 6.31. The maximum atomic E-state index is 13.0. The number of halogens is 1. The van der Waals surface area contributed by atoms with Gasteiger partial charge in [-0.2, -0.15) is 0 Å². The molecule has 6 heteroatoms. The Morgan fingerprint density at radius 2 is 2.00 bits per heavy atom. The lowest BCUT2D eigenvalue weighted by Gasteiger charge is -2.30. The lowest BCUT2D eigenvalue weighted by Crippen LogP contribution is -2.38. The number of carbonyl (C=O) groups is 2. The van der Waals surface area contributed by atoms with Crippen molar-refractivity contribution in [1.29, 1.82) is 0 Å². The fourth-order valence-electron chi connectivity index (χ4n) is 3.74. The third-order valence-corrected chi connectivity index (χ3v) is 5.27. The van der Waals surface area contributed by atoms with Crippen molar-refractivity contribution >= 4 is 23.4 Å². The predicted molar refractivity (Wildman–Crippen MR) is 91.7 cm³/mol. The summed E-state index contributed by atoms with van der Waals surface area (Å²) in [6.45, 7) is 2.49. The van der Waals surface area contributed by atoms with Crippen molar-refractivity contribution in [3.8, 4) is 0 Å². The molecule has 0 N–H and O–H groups in total. The molecule has 2 saturated heterocycles. The van der Waals surface area contributed by atoms with Crippen LogP contribution < -0.4 is 0 Å². The van der Waals surface area contributed by atoms with Crippen LogP contribution in [0.25, 0.3) is 0 Å². The molecule has 0 unspecified atom stereocenters. The molecule has 2 fully saturated rings. The normalized spacial score (nSPS) is 24.0. The van der Waals surface area contributed by atoms with E-state index in [-0.39, 0.29) is 30.2 Å². The fourth-order valence-corrected chi connectivity index (χ4v) is 3.98. The Labute approximate surface area is 147 Å². The average molecular weight is 351 g/mol. The lowest BCUT2D eigenvalue weighted by molar-refractivity contribution is -0.135. The van der Waals surface area contributed by atoms with Crippen LogP contribution in [0.2, 0.25) is 5.02 Å². The second-order valence-corrected chi connectivity index (χ2v) is 6.80. The monoisotopic (exact) mass is 350 g/mol. The molecule has 0 spiro atoms. The summed E-state index contributed by atoms with van der Waals surface area (Å²) in [6.07, 6.45) is 2.32. The van der Waals surface area contributed by atoms with Gasteiger partial charge in [0, 0.05) is 38.2 Å². The van der Waals surface area contributed by atoms with E-state index in [0.717, 1.165) is 31.5 Å². The van der Waals surface area contributed by atoms with E-state index < -0.39 is 0 Å². The van der Waals surface area contributed by atoms with Crippen molar-refractivity contribution in [2.45, 2.75) is 25.3 Å². The van der Waals surface area contributed by atoms with E-state index in [1.165, 1.54) is 0 Å². The van der Waals surface area contributed by atoms with Gasteiger partial charge in [-0.05, 0) is 24.5 Å². The van der Waals surface area contributed by atoms with E-state index in [1.54, 1.807) is 12.0 Å². The lowest BCUT2D eigenvalue weighted by atomic mass is 9.92. The topological polar surface area (TPSA) is 49.9 Å². The number of carbonyl (C=O) groups excluding carboxylic acids is 2. The quantitative estimate of drug-likeness (QED) is 0.819. The number of likely N-dealkylation sites (tertiary alicyclic amines) is 2. The number of amides is 2. The zero-order chi connectivity index (χ0) is 17.1. The molecular formula is C18H23ClN2O3. The van der Waals surface area contributed by atoms with Crippen molar-refractivity contribution in [2.24, 2.45) is 5.92 Å². The van der Waals surface area contributed by atoms with Gasteiger partial charge in [-0.3, -0.25) is 9.59 Å². The summed E-state index contributed by atoms with van der Waals surface area (Å²) in [6, 6.07) is 7.17. The number of ether oxygens (including phenoxy) is 1. The molecule has 2 aliphatic heterocycles. The second-order valence-electron chi connectivity index (χ2n) is 6.39. The summed E-state index contributed by atoms with van der Waals surface area (Å²) < 4.78 is 5.14. The van der Waals surface area contributed by atoms with Crippen LogP contribution in [0.1, 0.15) is 30.9 Å². The minimum Gasteiger partial charge on any atom is -0.383 e. The van der Waals surface area contributed by atoms with Crippen LogP contribution in [0.3, 0.4) is 0 Å². The highest BCUT2D eigenvalue weighted by atomic mass is 35.5. The minimum absolute atomic E-state index is 0.00508. The molecule has 0 aromatic heterocycles. The van der Waals surface area contributed by atoms with Gasteiger partial charge in [-0.25, -0.2) is 0 Å². The number of benzene rings is 1. The third kappa shape index (κ3) is 3.28. The second kappa shape index (κ2) is 7.53. The zero-order valence-electron chi connectivity index (χ0n) is 13.9. The van der Waals surface area contributed by atoms with Gasteiger partial charge >= 0.3 is 0 Å². The molecule has 1 aromatic rings. The average Bonchev–Trinajstić information content (AvgIpc) is 3.21. The molecule has 3 rings (SSSR count). The van der Waals surface area contributed by atoms with Crippen molar-refractivity contribution in [2.75, 3.05) is 33.4 Å².